The number of thiophene rings is 2. The molecule has 0 aromatic carbocycles. The van der Waals surface area contributed by atoms with Crippen LogP contribution in [0.1, 0.15) is 58.0 Å². The van der Waals surface area contributed by atoms with Crippen molar-refractivity contribution in [2.75, 3.05) is 6.54 Å². The molecule has 0 saturated heterocycles. The van der Waals surface area contributed by atoms with Gasteiger partial charge in [0.1, 0.15) is 0 Å². The van der Waals surface area contributed by atoms with Gasteiger partial charge in [0.15, 0.2) is 0 Å². The van der Waals surface area contributed by atoms with Crippen molar-refractivity contribution in [2.45, 2.75) is 52.0 Å². The van der Waals surface area contributed by atoms with Crippen molar-refractivity contribution >= 4 is 38.6 Å². The van der Waals surface area contributed by atoms with E-state index < -0.39 is 0 Å². The van der Waals surface area contributed by atoms with Crippen LogP contribution in [0.3, 0.4) is 0 Å². The monoisotopic (exact) mass is 383 g/mol. The van der Waals surface area contributed by atoms with Crippen LogP contribution in [0.15, 0.2) is 15.9 Å². The second-order valence-electron chi connectivity index (χ2n) is 5.80. The average Bonchev–Trinajstić information content (AvgIpc) is 3.04. The topological polar surface area (TPSA) is 12.0 Å². The molecule has 0 amide bonds. The summed E-state index contributed by atoms with van der Waals surface area (Å²) in [6.45, 7) is 5.49. The summed E-state index contributed by atoms with van der Waals surface area (Å²) in [4.78, 5) is 4.57. The van der Waals surface area contributed by atoms with Gasteiger partial charge in [0, 0.05) is 14.6 Å². The summed E-state index contributed by atoms with van der Waals surface area (Å²) >= 11 is 7.58. The van der Waals surface area contributed by atoms with E-state index in [-0.39, 0.29) is 0 Å². The molecule has 0 fully saturated rings. The molecule has 0 saturated carbocycles. The summed E-state index contributed by atoms with van der Waals surface area (Å²) in [7, 11) is 0. The Bertz CT molecular complexity index is 571. The van der Waals surface area contributed by atoms with Gasteiger partial charge in [-0.15, -0.1) is 22.7 Å². The van der Waals surface area contributed by atoms with Crippen LogP contribution in [-0.4, -0.2) is 6.54 Å². The Morgan fingerprint density at radius 2 is 1.95 bits per heavy atom. The van der Waals surface area contributed by atoms with E-state index in [9.17, 15) is 0 Å². The second kappa shape index (κ2) is 6.95. The molecule has 1 nitrogen and oxygen atoms in total. The summed E-state index contributed by atoms with van der Waals surface area (Å²) in [6, 6.07) is 5.17. The highest BCUT2D eigenvalue weighted by Gasteiger charge is 2.22. The minimum Gasteiger partial charge on any atom is -0.305 e. The number of aryl methyl sites for hydroxylation is 3. The highest BCUT2D eigenvalue weighted by atomic mass is 79.9. The zero-order chi connectivity index (χ0) is 14.8. The Balaban J connectivity index is 1.92. The standard InChI is InChI=1S/C17H22BrNS2/c1-3-8-19-16(14-9-11(2)17(18)21-14)15-10-12-6-4-5-7-13(12)20-15/h9-10,16,19H,3-8H2,1-2H3. The van der Waals surface area contributed by atoms with E-state index in [0.29, 0.717) is 6.04 Å². The third-order valence-electron chi connectivity index (χ3n) is 4.06. The summed E-state index contributed by atoms with van der Waals surface area (Å²) in [5.41, 5.74) is 2.96. The molecule has 114 valence electrons. The molecule has 0 spiro atoms. The van der Waals surface area contributed by atoms with Crippen molar-refractivity contribution in [1.82, 2.24) is 5.32 Å². The van der Waals surface area contributed by atoms with E-state index in [2.05, 4.69) is 47.2 Å². The maximum absolute atomic E-state index is 3.75. The fourth-order valence-electron chi connectivity index (χ4n) is 2.91. The molecule has 1 aliphatic rings. The molecule has 2 heterocycles. The van der Waals surface area contributed by atoms with E-state index in [1.54, 1.807) is 10.4 Å². The van der Waals surface area contributed by atoms with Crippen LogP contribution in [0.4, 0.5) is 0 Å². The Labute approximate surface area is 143 Å². The van der Waals surface area contributed by atoms with Crippen LogP contribution < -0.4 is 5.32 Å². The molecule has 0 aliphatic heterocycles. The zero-order valence-electron chi connectivity index (χ0n) is 12.7. The van der Waals surface area contributed by atoms with Crippen molar-refractivity contribution < 1.29 is 0 Å². The molecule has 2 aromatic heterocycles. The first-order chi connectivity index (χ1) is 10.2. The SMILES string of the molecule is CCCNC(c1cc(C)c(Br)s1)c1cc2c(s1)CCCC2. The Kier molecular flexibility index (Phi) is 5.20. The second-order valence-corrected chi connectivity index (χ2v) is 9.37. The van der Waals surface area contributed by atoms with E-state index in [1.807, 2.05) is 22.7 Å². The predicted octanol–water partition coefficient (Wildman–Crippen LogP) is 5.85. The molecule has 3 rings (SSSR count). The van der Waals surface area contributed by atoms with Crippen LogP contribution in [0, 0.1) is 6.92 Å². The van der Waals surface area contributed by atoms with Gasteiger partial charge in [0.2, 0.25) is 0 Å². The Morgan fingerprint density at radius 3 is 2.62 bits per heavy atom. The third kappa shape index (κ3) is 3.44. The van der Waals surface area contributed by atoms with Crippen LogP contribution >= 0.6 is 38.6 Å². The largest absolute Gasteiger partial charge is 0.305 e. The highest BCUT2D eigenvalue weighted by Crippen LogP contribution is 2.39. The van der Waals surface area contributed by atoms with Gasteiger partial charge in [-0.2, -0.15) is 0 Å². The lowest BCUT2D eigenvalue weighted by Crippen LogP contribution is -2.21. The molecule has 0 radical (unpaired) electrons. The molecule has 4 heteroatoms. The highest BCUT2D eigenvalue weighted by molar-refractivity contribution is 9.11. The third-order valence-corrected chi connectivity index (χ3v) is 7.56. The number of fused-ring (bicyclic) bond motifs is 1. The average molecular weight is 384 g/mol. The van der Waals surface area contributed by atoms with Gasteiger partial charge in [-0.05, 0) is 84.8 Å². The van der Waals surface area contributed by atoms with Crippen molar-refractivity contribution in [3.05, 3.63) is 41.7 Å². The molecule has 21 heavy (non-hydrogen) atoms. The molecule has 0 bridgehead atoms. The predicted molar refractivity (Wildman–Crippen MR) is 97.9 cm³/mol. The molecule has 1 N–H and O–H groups in total. The molecule has 1 aliphatic carbocycles. The minimum atomic E-state index is 0.371. The van der Waals surface area contributed by atoms with Gasteiger partial charge in [0.25, 0.3) is 0 Å². The van der Waals surface area contributed by atoms with Crippen LogP contribution in [0.25, 0.3) is 0 Å². The normalized spacial score (nSPS) is 16.0. The number of nitrogens with one attached hydrogen (secondary N) is 1. The summed E-state index contributed by atoms with van der Waals surface area (Å²) in [6.07, 6.45) is 6.46. The first kappa shape index (κ1) is 15.7. The number of hydrogen-bond donors (Lipinski definition) is 1. The lowest BCUT2D eigenvalue weighted by molar-refractivity contribution is 0.612. The first-order valence-corrected chi connectivity index (χ1v) is 10.2. The quantitative estimate of drug-likeness (QED) is 0.682. The Hall–Kier alpha value is -0.160. The minimum absolute atomic E-state index is 0.371. The number of halogens is 1. The van der Waals surface area contributed by atoms with Gasteiger partial charge in [-0.1, -0.05) is 6.92 Å². The van der Waals surface area contributed by atoms with Gasteiger partial charge in [0.05, 0.1) is 9.83 Å². The molecular weight excluding hydrogens is 362 g/mol. The fraction of sp³-hybridized carbons (Fsp3) is 0.529. The van der Waals surface area contributed by atoms with Crippen molar-refractivity contribution in [3.8, 4) is 0 Å². The van der Waals surface area contributed by atoms with E-state index in [4.69, 9.17) is 0 Å². The molecular formula is C17H22BrNS2. The van der Waals surface area contributed by atoms with Crippen molar-refractivity contribution in [2.24, 2.45) is 0 Å². The zero-order valence-corrected chi connectivity index (χ0v) is 15.9. The van der Waals surface area contributed by atoms with E-state index in [1.165, 1.54) is 51.2 Å². The number of rotatable bonds is 5. The fourth-order valence-corrected chi connectivity index (χ4v) is 6.00. The van der Waals surface area contributed by atoms with Gasteiger partial charge in [-0.3, -0.25) is 0 Å². The lowest BCUT2D eigenvalue weighted by Gasteiger charge is -2.15. The maximum Gasteiger partial charge on any atom is 0.0765 e. The van der Waals surface area contributed by atoms with Crippen LogP contribution in [0.2, 0.25) is 0 Å². The first-order valence-electron chi connectivity index (χ1n) is 7.79. The smallest absolute Gasteiger partial charge is 0.0765 e. The van der Waals surface area contributed by atoms with Crippen LogP contribution in [0.5, 0.6) is 0 Å². The van der Waals surface area contributed by atoms with Crippen molar-refractivity contribution in [3.63, 3.8) is 0 Å². The summed E-state index contributed by atoms with van der Waals surface area (Å²) in [5, 5.41) is 3.75. The Morgan fingerprint density at radius 1 is 1.19 bits per heavy atom. The van der Waals surface area contributed by atoms with Crippen LogP contribution in [-0.2, 0) is 12.8 Å². The van der Waals surface area contributed by atoms with Crippen molar-refractivity contribution in [1.29, 1.82) is 0 Å². The number of hydrogen-bond acceptors (Lipinski definition) is 3. The summed E-state index contributed by atoms with van der Waals surface area (Å²) in [5.74, 6) is 0. The molecule has 2 aromatic rings. The summed E-state index contributed by atoms with van der Waals surface area (Å²) < 4.78 is 1.27. The van der Waals surface area contributed by atoms with E-state index >= 15 is 0 Å². The molecule has 1 unspecified atom stereocenters. The maximum atomic E-state index is 3.75. The molecule has 1 atom stereocenters. The van der Waals surface area contributed by atoms with Gasteiger partial charge in [-0.25, -0.2) is 0 Å². The van der Waals surface area contributed by atoms with Gasteiger partial charge < -0.3 is 5.32 Å². The van der Waals surface area contributed by atoms with Gasteiger partial charge >= 0.3 is 0 Å². The van der Waals surface area contributed by atoms with E-state index in [0.717, 1.165) is 6.54 Å². The lowest BCUT2D eigenvalue weighted by atomic mass is 9.98.